The number of nitrogens with zero attached hydrogens (tertiary/aromatic N) is 1. The molecule has 2 unspecified atom stereocenters. The molecule has 0 saturated carbocycles. The minimum absolute atomic E-state index is 0.000371. The van der Waals surface area contributed by atoms with E-state index in [0.29, 0.717) is 17.5 Å². The Kier molecular flexibility index (Phi) is 3.75. The van der Waals surface area contributed by atoms with Crippen molar-refractivity contribution in [2.45, 2.75) is 23.8 Å². The summed E-state index contributed by atoms with van der Waals surface area (Å²) < 4.78 is 22.9. The van der Waals surface area contributed by atoms with Gasteiger partial charge in [-0.25, -0.2) is 8.42 Å². The lowest BCUT2D eigenvalue weighted by atomic mass is 9.93. The molecule has 6 heteroatoms. The zero-order chi connectivity index (χ0) is 15.0. The molecule has 114 valence electrons. The Balaban J connectivity index is 1.73. The van der Waals surface area contributed by atoms with Crippen molar-refractivity contribution in [1.82, 2.24) is 10.2 Å². The molecule has 2 heterocycles. The molecule has 0 radical (unpaired) electrons. The van der Waals surface area contributed by atoms with E-state index in [1.54, 1.807) is 12.1 Å². The van der Waals surface area contributed by atoms with E-state index in [0.717, 1.165) is 32.5 Å². The molecular weight excluding hydrogens is 288 g/mol. The highest BCUT2D eigenvalue weighted by Crippen LogP contribution is 2.25. The normalized spacial score (nSPS) is 25.7. The van der Waals surface area contributed by atoms with E-state index < -0.39 is 9.84 Å². The highest BCUT2D eigenvalue weighted by atomic mass is 32.2. The van der Waals surface area contributed by atoms with Crippen LogP contribution in [0.1, 0.15) is 23.2 Å². The Morgan fingerprint density at radius 3 is 2.62 bits per heavy atom. The Bertz CT molecular complexity index is 639. The van der Waals surface area contributed by atoms with Crippen LogP contribution in [0, 0.1) is 5.92 Å². The number of rotatable bonds is 2. The average molecular weight is 308 g/mol. The van der Waals surface area contributed by atoms with Crippen LogP contribution >= 0.6 is 0 Å². The van der Waals surface area contributed by atoms with Gasteiger partial charge in [-0.1, -0.05) is 0 Å². The summed E-state index contributed by atoms with van der Waals surface area (Å²) in [5.41, 5.74) is 0.562. The van der Waals surface area contributed by atoms with Crippen LogP contribution in [0.25, 0.3) is 0 Å². The van der Waals surface area contributed by atoms with Crippen molar-refractivity contribution in [3.63, 3.8) is 0 Å². The molecule has 1 amide bonds. The molecule has 2 fully saturated rings. The molecule has 5 nitrogen and oxygen atoms in total. The molecule has 0 aromatic heterocycles. The maximum absolute atomic E-state index is 12.5. The molecule has 1 N–H and O–H groups in total. The number of benzene rings is 1. The van der Waals surface area contributed by atoms with Crippen LogP contribution in [0.15, 0.2) is 29.2 Å². The third-order valence-electron chi connectivity index (χ3n) is 4.47. The molecule has 3 rings (SSSR count). The summed E-state index contributed by atoms with van der Waals surface area (Å²) in [5.74, 6) is 0.554. The van der Waals surface area contributed by atoms with E-state index in [-0.39, 0.29) is 10.8 Å². The molecule has 0 aliphatic carbocycles. The fourth-order valence-electron chi connectivity index (χ4n) is 3.26. The summed E-state index contributed by atoms with van der Waals surface area (Å²) in [6.07, 6.45) is 3.29. The van der Waals surface area contributed by atoms with Crippen LogP contribution in [-0.2, 0) is 9.84 Å². The second-order valence-electron chi connectivity index (χ2n) is 5.95. The minimum Gasteiger partial charge on any atom is -0.338 e. The smallest absolute Gasteiger partial charge is 0.253 e. The first-order chi connectivity index (χ1) is 9.95. The number of hydrogen-bond donors (Lipinski definition) is 1. The number of sulfone groups is 1. The van der Waals surface area contributed by atoms with Gasteiger partial charge in [0, 0.05) is 31.0 Å². The first-order valence-corrected chi connectivity index (χ1v) is 9.17. The largest absolute Gasteiger partial charge is 0.338 e. The number of amides is 1. The van der Waals surface area contributed by atoms with Crippen LogP contribution in [0.2, 0.25) is 0 Å². The van der Waals surface area contributed by atoms with Crippen molar-refractivity contribution in [2.75, 3.05) is 25.9 Å². The van der Waals surface area contributed by atoms with E-state index in [4.69, 9.17) is 0 Å². The second kappa shape index (κ2) is 5.42. The number of nitrogens with one attached hydrogen (secondary N) is 1. The van der Waals surface area contributed by atoms with Crippen LogP contribution in [0.3, 0.4) is 0 Å². The first kappa shape index (κ1) is 14.5. The first-order valence-electron chi connectivity index (χ1n) is 7.28. The van der Waals surface area contributed by atoms with Crippen molar-refractivity contribution in [1.29, 1.82) is 0 Å². The van der Waals surface area contributed by atoms with Crippen LogP contribution in [0.4, 0.5) is 0 Å². The number of piperidine rings is 1. The molecule has 1 aromatic carbocycles. The zero-order valence-electron chi connectivity index (χ0n) is 12.1. The lowest BCUT2D eigenvalue weighted by Crippen LogP contribution is -2.46. The summed E-state index contributed by atoms with van der Waals surface area (Å²) in [6.45, 7) is 2.60. The third kappa shape index (κ3) is 2.96. The molecule has 2 aliphatic rings. The van der Waals surface area contributed by atoms with Gasteiger partial charge in [0.15, 0.2) is 9.84 Å². The highest BCUT2D eigenvalue weighted by molar-refractivity contribution is 7.90. The Labute approximate surface area is 125 Å². The summed E-state index contributed by atoms with van der Waals surface area (Å²) in [5, 5.41) is 3.48. The maximum atomic E-state index is 12.5. The van der Waals surface area contributed by atoms with E-state index >= 15 is 0 Å². The van der Waals surface area contributed by atoms with Gasteiger partial charge in [-0.2, -0.15) is 0 Å². The molecule has 21 heavy (non-hydrogen) atoms. The number of fused-ring (bicyclic) bond motifs is 1. The van der Waals surface area contributed by atoms with Gasteiger partial charge in [-0.05, 0) is 49.6 Å². The predicted octanol–water partition coefficient (Wildman–Crippen LogP) is 0.914. The standard InChI is InChI=1S/C15H20N2O3S/c1-21(19,20)13-4-2-11(3-5-13)15(18)17-9-7-14-12(10-17)6-8-16-14/h2-5,12,14,16H,6-10H2,1H3. The molecule has 2 atom stereocenters. The van der Waals surface area contributed by atoms with Gasteiger partial charge in [-0.15, -0.1) is 0 Å². The van der Waals surface area contributed by atoms with Crippen molar-refractivity contribution in [3.8, 4) is 0 Å². The third-order valence-corrected chi connectivity index (χ3v) is 5.60. The summed E-state index contributed by atoms with van der Waals surface area (Å²) in [7, 11) is -3.22. The van der Waals surface area contributed by atoms with Gasteiger partial charge in [0.1, 0.15) is 0 Å². The zero-order valence-corrected chi connectivity index (χ0v) is 12.9. The molecular formula is C15H20N2O3S. The fourth-order valence-corrected chi connectivity index (χ4v) is 3.89. The molecule has 0 spiro atoms. The average Bonchev–Trinajstić information content (AvgIpc) is 2.93. The van der Waals surface area contributed by atoms with Crippen molar-refractivity contribution in [2.24, 2.45) is 5.92 Å². The monoisotopic (exact) mass is 308 g/mol. The number of hydrogen-bond acceptors (Lipinski definition) is 4. The van der Waals surface area contributed by atoms with Crippen molar-refractivity contribution in [3.05, 3.63) is 29.8 Å². The molecule has 2 saturated heterocycles. The Morgan fingerprint density at radius 1 is 1.24 bits per heavy atom. The summed E-state index contributed by atoms with van der Waals surface area (Å²) in [4.78, 5) is 14.6. The van der Waals surface area contributed by atoms with E-state index in [1.165, 1.54) is 18.4 Å². The predicted molar refractivity (Wildman–Crippen MR) is 80.0 cm³/mol. The lowest BCUT2D eigenvalue weighted by molar-refractivity contribution is 0.0662. The van der Waals surface area contributed by atoms with Crippen LogP contribution in [0.5, 0.6) is 0 Å². The van der Waals surface area contributed by atoms with E-state index in [9.17, 15) is 13.2 Å². The second-order valence-corrected chi connectivity index (χ2v) is 7.96. The molecule has 1 aromatic rings. The SMILES string of the molecule is CS(=O)(=O)c1ccc(C(=O)N2CCC3NCCC3C2)cc1. The maximum Gasteiger partial charge on any atom is 0.253 e. The molecule has 2 aliphatic heterocycles. The number of carbonyl (C=O) groups excluding carboxylic acids is 1. The van der Waals surface area contributed by atoms with Crippen molar-refractivity contribution < 1.29 is 13.2 Å². The van der Waals surface area contributed by atoms with Gasteiger partial charge in [-0.3, -0.25) is 4.79 Å². The molecule has 0 bridgehead atoms. The number of likely N-dealkylation sites (tertiary alicyclic amines) is 1. The topological polar surface area (TPSA) is 66.5 Å². The summed E-state index contributed by atoms with van der Waals surface area (Å²) in [6, 6.07) is 6.79. The van der Waals surface area contributed by atoms with Crippen molar-refractivity contribution >= 4 is 15.7 Å². The minimum atomic E-state index is -3.22. The summed E-state index contributed by atoms with van der Waals surface area (Å²) >= 11 is 0. The van der Waals surface area contributed by atoms with Crippen LogP contribution < -0.4 is 5.32 Å². The van der Waals surface area contributed by atoms with Crippen LogP contribution in [-0.4, -0.2) is 51.2 Å². The fraction of sp³-hybridized carbons (Fsp3) is 0.533. The van der Waals surface area contributed by atoms with E-state index in [1.807, 2.05) is 4.90 Å². The van der Waals surface area contributed by atoms with Gasteiger partial charge < -0.3 is 10.2 Å². The van der Waals surface area contributed by atoms with Gasteiger partial charge in [0.2, 0.25) is 0 Å². The van der Waals surface area contributed by atoms with E-state index in [2.05, 4.69) is 5.32 Å². The van der Waals surface area contributed by atoms with Gasteiger partial charge >= 0.3 is 0 Å². The van der Waals surface area contributed by atoms with Gasteiger partial charge in [0.05, 0.1) is 4.90 Å². The lowest BCUT2D eigenvalue weighted by Gasteiger charge is -2.34. The number of carbonyl (C=O) groups is 1. The quantitative estimate of drug-likeness (QED) is 0.882. The Morgan fingerprint density at radius 2 is 1.95 bits per heavy atom. The Hall–Kier alpha value is -1.40. The van der Waals surface area contributed by atoms with Gasteiger partial charge in [0.25, 0.3) is 5.91 Å². The highest BCUT2D eigenvalue weighted by Gasteiger charge is 2.34.